The number of benzene rings is 3. The molecule has 0 aliphatic carbocycles. The van der Waals surface area contributed by atoms with Gasteiger partial charge in [-0.3, -0.25) is 0 Å². The molecular formula is C27H36O6. The van der Waals surface area contributed by atoms with E-state index in [-0.39, 0.29) is 22.3 Å². The minimum atomic E-state index is -0.875. The predicted molar refractivity (Wildman–Crippen MR) is 135 cm³/mol. The average molecular weight is 457 g/mol. The minimum absolute atomic E-state index is 0. The van der Waals surface area contributed by atoms with Crippen LogP contribution in [-0.4, -0.2) is 33.2 Å². The van der Waals surface area contributed by atoms with Crippen LogP contribution in [0, 0.1) is 20.8 Å². The lowest BCUT2D eigenvalue weighted by Crippen LogP contribution is -1.97. The molecule has 0 saturated carbocycles. The van der Waals surface area contributed by atoms with Crippen LogP contribution < -0.4 is 0 Å². The monoisotopic (exact) mass is 456 g/mol. The van der Waals surface area contributed by atoms with Gasteiger partial charge in [0.25, 0.3) is 0 Å². The predicted octanol–water partition coefficient (Wildman–Crippen LogP) is 6.99. The molecule has 6 heteroatoms. The molecule has 0 amide bonds. The van der Waals surface area contributed by atoms with Crippen LogP contribution in [-0.2, 0) is 0 Å². The van der Waals surface area contributed by atoms with Crippen LogP contribution in [0.3, 0.4) is 0 Å². The van der Waals surface area contributed by atoms with Gasteiger partial charge in [-0.2, -0.15) is 0 Å². The number of aromatic carboxylic acids is 3. The maximum Gasteiger partial charge on any atom is 0.335 e. The summed E-state index contributed by atoms with van der Waals surface area (Å²) in [4.78, 5) is 31.1. The number of carboxylic acid groups (broad SMARTS) is 3. The molecule has 0 heterocycles. The van der Waals surface area contributed by atoms with Crippen molar-refractivity contribution in [1.29, 1.82) is 0 Å². The van der Waals surface area contributed by atoms with E-state index < -0.39 is 17.9 Å². The van der Waals surface area contributed by atoms with Gasteiger partial charge in [-0.05, 0) is 56.7 Å². The summed E-state index contributed by atoms with van der Waals surface area (Å²) in [7, 11) is 0. The van der Waals surface area contributed by atoms with Crippen molar-refractivity contribution in [1.82, 2.24) is 0 Å². The molecule has 0 atom stereocenters. The van der Waals surface area contributed by atoms with E-state index in [1.54, 1.807) is 67.6 Å². The van der Waals surface area contributed by atoms with Crippen LogP contribution in [0.25, 0.3) is 0 Å². The third kappa shape index (κ3) is 12.5. The number of hydrogen-bond acceptors (Lipinski definition) is 3. The summed E-state index contributed by atoms with van der Waals surface area (Å²) in [6, 6.07) is 20.5. The SMILES string of the molecule is C.C.C.Cc1ccc(C(=O)O)cc1.Cc1cccc(C(=O)O)c1.Cc1ccccc1C(=O)O. The molecule has 0 aliphatic rings. The Morgan fingerprint density at radius 2 is 1.06 bits per heavy atom. The summed E-state index contributed by atoms with van der Waals surface area (Å²) in [5.74, 6) is -2.61. The molecule has 0 saturated heterocycles. The summed E-state index contributed by atoms with van der Waals surface area (Å²) in [6.07, 6.45) is 0. The molecule has 33 heavy (non-hydrogen) atoms. The highest BCUT2D eigenvalue weighted by atomic mass is 16.4. The Hall–Kier alpha value is -3.93. The lowest BCUT2D eigenvalue weighted by Gasteiger charge is -1.96. The first-order valence-corrected chi connectivity index (χ1v) is 9.00. The van der Waals surface area contributed by atoms with Crippen LogP contribution in [0.4, 0.5) is 0 Å². The highest BCUT2D eigenvalue weighted by Gasteiger charge is 2.03. The Balaban J connectivity index is -0.000000391. The van der Waals surface area contributed by atoms with Gasteiger partial charge in [-0.15, -0.1) is 0 Å². The van der Waals surface area contributed by atoms with Gasteiger partial charge < -0.3 is 15.3 Å². The topological polar surface area (TPSA) is 112 Å². The van der Waals surface area contributed by atoms with Crippen molar-refractivity contribution in [2.45, 2.75) is 43.1 Å². The summed E-state index contributed by atoms with van der Waals surface area (Å²) >= 11 is 0. The van der Waals surface area contributed by atoms with Crippen LogP contribution in [0.5, 0.6) is 0 Å². The van der Waals surface area contributed by atoms with Gasteiger partial charge in [-0.25, -0.2) is 14.4 Å². The second-order valence-electron chi connectivity index (χ2n) is 6.47. The zero-order chi connectivity index (χ0) is 22.7. The van der Waals surface area contributed by atoms with Gasteiger partial charge in [0.15, 0.2) is 0 Å². The van der Waals surface area contributed by atoms with Crippen molar-refractivity contribution in [2.24, 2.45) is 0 Å². The molecule has 6 nitrogen and oxygen atoms in total. The van der Waals surface area contributed by atoms with E-state index in [1.807, 2.05) is 26.0 Å². The summed E-state index contributed by atoms with van der Waals surface area (Å²) in [5, 5.41) is 25.6. The van der Waals surface area contributed by atoms with E-state index in [1.165, 1.54) is 0 Å². The van der Waals surface area contributed by atoms with Gasteiger partial charge in [0.1, 0.15) is 0 Å². The molecule has 180 valence electrons. The summed E-state index contributed by atoms with van der Waals surface area (Å²) in [5.41, 5.74) is 3.91. The second kappa shape index (κ2) is 16.7. The first-order valence-electron chi connectivity index (χ1n) is 9.00. The Kier molecular flexibility index (Phi) is 17.1. The first-order chi connectivity index (χ1) is 14.1. The van der Waals surface area contributed by atoms with Crippen molar-refractivity contribution >= 4 is 17.9 Å². The third-order valence-corrected chi connectivity index (χ3v) is 3.94. The fourth-order valence-corrected chi connectivity index (χ4v) is 2.29. The lowest BCUT2D eigenvalue weighted by atomic mass is 10.1. The molecule has 0 aliphatic heterocycles. The minimum Gasteiger partial charge on any atom is -0.478 e. The number of rotatable bonds is 3. The maximum atomic E-state index is 10.4. The molecule has 0 spiro atoms. The molecule has 3 N–H and O–H groups in total. The first kappa shape index (κ1) is 33.7. The quantitative estimate of drug-likeness (QED) is 0.392. The Bertz CT molecular complexity index is 1010. The highest BCUT2D eigenvalue weighted by molar-refractivity contribution is 5.89. The molecule has 3 aromatic rings. The Morgan fingerprint density at radius 3 is 1.42 bits per heavy atom. The number of aryl methyl sites for hydroxylation is 3. The highest BCUT2D eigenvalue weighted by Crippen LogP contribution is 2.05. The van der Waals surface area contributed by atoms with E-state index in [2.05, 4.69) is 0 Å². The number of carbonyl (C=O) groups is 3. The van der Waals surface area contributed by atoms with E-state index in [0.717, 1.165) is 16.7 Å². The van der Waals surface area contributed by atoms with Gasteiger partial charge in [-0.1, -0.05) is 75.9 Å². The largest absolute Gasteiger partial charge is 0.478 e. The number of carboxylic acids is 3. The van der Waals surface area contributed by atoms with Crippen LogP contribution in [0.2, 0.25) is 0 Å². The van der Waals surface area contributed by atoms with Gasteiger partial charge in [0.2, 0.25) is 0 Å². The summed E-state index contributed by atoms with van der Waals surface area (Å²) < 4.78 is 0. The van der Waals surface area contributed by atoms with Crippen molar-refractivity contribution in [3.63, 3.8) is 0 Å². The second-order valence-corrected chi connectivity index (χ2v) is 6.47. The normalized spacial score (nSPS) is 8.45. The molecule has 3 rings (SSSR count). The molecule has 0 aromatic heterocycles. The molecule has 0 bridgehead atoms. The average Bonchev–Trinajstić information content (AvgIpc) is 2.69. The van der Waals surface area contributed by atoms with Gasteiger partial charge in [0, 0.05) is 0 Å². The van der Waals surface area contributed by atoms with Crippen molar-refractivity contribution in [3.8, 4) is 0 Å². The molecule has 0 unspecified atom stereocenters. The molecule has 0 radical (unpaired) electrons. The number of hydrogen-bond donors (Lipinski definition) is 3. The van der Waals surface area contributed by atoms with Crippen LogP contribution >= 0.6 is 0 Å². The molecular weight excluding hydrogens is 420 g/mol. The maximum absolute atomic E-state index is 10.4. The Morgan fingerprint density at radius 1 is 0.545 bits per heavy atom. The van der Waals surface area contributed by atoms with E-state index >= 15 is 0 Å². The third-order valence-electron chi connectivity index (χ3n) is 3.94. The van der Waals surface area contributed by atoms with E-state index in [9.17, 15) is 14.4 Å². The zero-order valence-electron chi connectivity index (χ0n) is 17.0. The van der Waals surface area contributed by atoms with E-state index in [4.69, 9.17) is 15.3 Å². The van der Waals surface area contributed by atoms with Crippen molar-refractivity contribution in [3.05, 3.63) is 106 Å². The standard InChI is InChI=1S/3C8H8O2.3CH4/c1-6-2-4-7(5-3-6)8(9)10;1-6-3-2-4-7(5-6)8(9)10;1-6-4-2-3-5-7(6)8(9)10;;;/h3*2-5H,1H3,(H,9,10);3*1H4. The summed E-state index contributed by atoms with van der Waals surface area (Å²) in [6.45, 7) is 5.57. The zero-order valence-corrected chi connectivity index (χ0v) is 17.0. The molecule has 3 aromatic carbocycles. The smallest absolute Gasteiger partial charge is 0.335 e. The van der Waals surface area contributed by atoms with Gasteiger partial charge in [0.05, 0.1) is 16.7 Å². The van der Waals surface area contributed by atoms with Gasteiger partial charge >= 0.3 is 17.9 Å². The van der Waals surface area contributed by atoms with Crippen molar-refractivity contribution < 1.29 is 29.7 Å². The molecule has 0 fully saturated rings. The van der Waals surface area contributed by atoms with Crippen LogP contribution in [0.15, 0.2) is 72.8 Å². The fraction of sp³-hybridized carbons (Fsp3) is 0.222. The Labute approximate surface area is 197 Å². The van der Waals surface area contributed by atoms with E-state index in [0.29, 0.717) is 16.7 Å². The van der Waals surface area contributed by atoms with Crippen molar-refractivity contribution in [2.75, 3.05) is 0 Å². The lowest BCUT2D eigenvalue weighted by molar-refractivity contribution is 0.0685. The van der Waals surface area contributed by atoms with Crippen LogP contribution in [0.1, 0.15) is 70.0 Å². The fourth-order valence-electron chi connectivity index (χ4n) is 2.29.